The third-order valence-electron chi connectivity index (χ3n) is 4.39. The highest BCUT2D eigenvalue weighted by molar-refractivity contribution is 6.34. The molecule has 0 bridgehead atoms. The van der Waals surface area contributed by atoms with E-state index in [9.17, 15) is 9.18 Å². The molecule has 2 heterocycles. The molecule has 0 unspecified atom stereocenters. The first-order valence-electron chi connectivity index (χ1n) is 8.66. The van der Waals surface area contributed by atoms with E-state index in [-0.39, 0.29) is 11.9 Å². The average molecular weight is 387 g/mol. The minimum Gasteiger partial charge on any atom is -0.344 e. The normalized spacial score (nSPS) is 12.0. The summed E-state index contributed by atoms with van der Waals surface area (Å²) in [7, 11) is 0. The lowest BCUT2D eigenvalue weighted by Crippen LogP contribution is -2.28. The summed E-state index contributed by atoms with van der Waals surface area (Å²) in [6, 6.07) is 7.97. The standard InChI is InChI=1S/C20H20ClFN4O/c1-4-16-19(24-11-26(16)17-9-8-14(22)10-23-17)13(3)25-20(27)15-7-5-6-12(2)18(15)21/h5-11,13H,4H2,1-3H3,(H,25,27)/t13-/m1/s1. The van der Waals surface area contributed by atoms with Crippen molar-refractivity contribution in [3.05, 3.63) is 76.2 Å². The van der Waals surface area contributed by atoms with E-state index in [4.69, 9.17) is 11.6 Å². The minimum absolute atomic E-state index is 0.257. The first-order chi connectivity index (χ1) is 12.9. The Bertz CT molecular complexity index is 969. The van der Waals surface area contributed by atoms with E-state index >= 15 is 0 Å². The van der Waals surface area contributed by atoms with Gasteiger partial charge in [-0.2, -0.15) is 0 Å². The van der Waals surface area contributed by atoms with Gasteiger partial charge in [0.25, 0.3) is 5.91 Å². The molecule has 27 heavy (non-hydrogen) atoms. The van der Waals surface area contributed by atoms with Gasteiger partial charge in [-0.1, -0.05) is 30.7 Å². The zero-order valence-electron chi connectivity index (χ0n) is 15.3. The highest BCUT2D eigenvalue weighted by atomic mass is 35.5. The second-order valence-corrected chi connectivity index (χ2v) is 6.64. The molecular formula is C20H20ClFN4O. The van der Waals surface area contributed by atoms with Crippen LogP contribution in [-0.2, 0) is 6.42 Å². The summed E-state index contributed by atoms with van der Waals surface area (Å²) >= 11 is 6.25. The molecule has 3 rings (SSSR count). The van der Waals surface area contributed by atoms with Crippen LogP contribution in [0.4, 0.5) is 4.39 Å². The molecule has 1 N–H and O–H groups in total. The van der Waals surface area contributed by atoms with Crippen molar-refractivity contribution in [1.29, 1.82) is 0 Å². The molecule has 0 aliphatic rings. The number of nitrogens with one attached hydrogen (secondary N) is 1. The maximum atomic E-state index is 13.1. The molecule has 0 spiro atoms. The summed E-state index contributed by atoms with van der Waals surface area (Å²) < 4.78 is 14.9. The van der Waals surface area contributed by atoms with Gasteiger partial charge < -0.3 is 5.32 Å². The number of halogens is 2. The van der Waals surface area contributed by atoms with Crippen molar-refractivity contribution in [3.8, 4) is 5.82 Å². The number of carbonyl (C=O) groups is 1. The van der Waals surface area contributed by atoms with Crippen molar-refractivity contribution >= 4 is 17.5 Å². The number of aryl methyl sites for hydroxylation is 1. The third-order valence-corrected chi connectivity index (χ3v) is 4.89. The van der Waals surface area contributed by atoms with Crippen LogP contribution in [0.3, 0.4) is 0 Å². The first kappa shape index (κ1) is 19.0. The number of imidazole rings is 1. The van der Waals surface area contributed by atoms with Crippen LogP contribution in [0.25, 0.3) is 5.82 Å². The van der Waals surface area contributed by atoms with E-state index in [2.05, 4.69) is 15.3 Å². The summed E-state index contributed by atoms with van der Waals surface area (Å²) in [5.41, 5.74) is 2.91. The molecule has 1 atom stereocenters. The molecule has 0 saturated carbocycles. The lowest BCUT2D eigenvalue weighted by molar-refractivity contribution is 0.0939. The molecule has 1 aromatic carbocycles. The zero-order valence-corrected chi connectivity index (χ0v) is 16.1. The van der Waals surface area contributed by atoms with Gasteiger partial charge in [-0.3, -0.25) is 9.36 Å². The number of carbonyl (C=O) groups excluding carboxylic acids is 1. The topological polar surface area (TPSA) is 59.8 Å². The van der Waals surface area contributed by atoms with Gasteiger partial charge in [0.05, 0.1) is 28.5 Å². The van der Waals surface area contributed by atoms with Crippen molar-refractivity contribution in [2.45, 2.75) is 33.2 Å². The van der Waals surface area contributed by atoms with E-state index < -0.39 is 5.82 Å². The van der Waals surface area contributed by atoms with Crippen LogP contribution >= 0.6 is 11.6 Å². The molecule has 0 radical (unpaired) electrons. The summed E-state index contributed by atoms with van der Waals surface area (Å²) in [4.78, 5) is 21.2. The molecule has 1 amide bonds. The molecule has 0 aliphatic carbocycles. The molecular weight excluding hydrogens is 367 g/mol. The quantitative estimate of drug-likeness (QED) is 0.706. The Balaban J connectivity index is 1.87. The van der Waals surface area contributed by atoms with E-state index in [1.807, 2.05) is 26.8 Å². The lowest BCUT2D eigenvalue weighted by atomic mass is 10.1. The lowest BCUT2D eigenvalue weighted by Gasteiger charge is -2.16. The van der Waals surface area contributed by atoms with E-state index in [1.54, 1.807) is 29.1 Å². The Labute approximate surface area is 162 Å². The fourth-order valence-corrected chi connectivity index (χ4v) is 3.19. The summed E-state index contributed by atoms with van der Waals surface area (Å²) in [6.07, 6.45) is 3.48. The molecule has 0 saturated heterocycles. The van der Waals surface area contributed by atoms with Gasteiger partial charge in [0, 0.05) is 5.69 Å². The largest absolute Gasteiger partial charge is 0.344 e. The highest BCUT2D eigenvalue weighted by Crippen LogP contribution is 2.23. The molecule has 0 fully saturated rings. The van der Waals surface area contributed by atoms with Crippen LogP contribution in [-0.4, -0.2) is 20.4 Å². The van der Waals surface area contributed by atoms with E-state index in [0.29, 0.717) is 22.8 Å². The predicted molar refractivity (Wildman–Crippen MR) is 103 cm³/mol. The fraction of sp³-hybridized carbons (Fsp3) is 0.250. The summed E-state index contributed by atoms with van der Waals surface area (Å²) in [5.74, 6) is -0.0761. The van der Waals surface area contributed by atoms with Crippen LogP contribution in [0, 0.1) is 12.7 Å². The molecule has 5 nitrogen and oxygen atoms in total. The predicted octanol–water partition coefficient (Wildman–Crippen LogP) is 4.42. The molecule has 2 aromatic heterocycles. The smallest absolute Gasteiger partial charge is 0.253 e. The maximum absolute atomic E-state index is 13.1. The molecule has 0 aliphatic heterocycles. The highest BCUT2D eigenvalue weighted by Gasteiger charge is 2.20. The van der Waals surface area contributed by atoms with Crippen LogP contribution in [0.2, 0.25) is 5.02 Å². The SMILES string of the molecule is CCc1c([C@@H](C)NC(=O)c2cccc(C)c2Cl)ncn1-c1ccc(F)cn1. The zero-order chi connectivity index (χ0) is 19.6. The summed E-state index contributed by atoms with van der Waals surface area (Å²) in [5, 5.41) is 3.39. The first-order valence-corrected chi connectivity index (χ1v) is 9.04. The number of pyridine rings is 1. The van der Waals surface area contributed by atoms with Crippen molar-refractivity contribution in [2.24, 2.45) is 0 Å². The van der Waals surface area contributed by atoms with E-state index in [0.717, 1.165) is 17.0 Å². The minimum atomic E-state index is -0.396. The van der Waals surface area contributed by atoms with Gasteiger partial charge in [0.15, 0.2) is 0 Å². The Morgan fingerprint density at radius 2 is 2.07 bits per heavy atom. The Morgan fingerprint density at radius 1 is 1.30 bits per heavy atom. The second kappa shape index (κ2) is 7.88. The van der Waals surface area contributed by atoms with Crippen molar-refractivity contribution in [1.82, 2.24) is 19.9 Å². The van der Waals surface area contributed by atoms with Crippen LogP contribution in [0.5, 0.6) is 0 Å². The number of hydrogen-bond donors (Lipinski definition) is 1. The second-order valence-electron chi connectivity index (χ2n) is 6.27. The monoisotopic (exact) mass is 386 g/mol. The van der Waals surface area contributed by atoms with Gasteiger partial charge in [-0.25, -0.2) is 14.4 Å². The van der Waals surface area contributed by atoms with Gasteiger partial charge in [-0.05, 0) is 44.0 Å². The van der Waals surface area contributed by atoms with Crippen molar-refractivity contribution in [3.63, 3.8) is 0 Å². The third kappa shape index (κ3) is 3.85. The number of amides is 1. The number of rotatable bonds is 5. The van der Waals surface area contributed by atoms with E-state index in [1.165, 1.54) is 12.3 Å². The number of benzene rings is 1. The average Bonchev–Trinajstić information content (AvgIpc) is 3.08. The number of nitrogens with zero attached hydrogens (tertiary/aromatic N) is 3. The van der Waals surface area contributed by atoms with Crippen molar-refractivity contribution < 1.29 is 9.18 Å². The van der Waals surface area contributed by atoms with Gasteiger partial charge in [-0.15, -0.1) is 0 Å². The molecule has 3 aromatic rings. The Morgan fingerprint density at radius 3 is 2.74 bits per heavy atom. The van der Waals surface area contributed by atoms with Crippen LogP contribution in [0.1, 0.15) is 47.2 Å². The fourth-order valence-electron chi connectivity index (χ4n) is 2.97. The van der Waals surface area contributed by atoms with Gasteiger partial charge in [0.1, 0.15) is 18.0 Å². The van der Waals surface area contributed by atoms with Crippen molar-refractivity contribution in [2.75, 3.05) is 0 Å². The van der Waals surface area contributed by atoms with Crippen LogP contribution < -0.4 is 5.32 Å². The Hall–Kier alpha value is -2.73. The number of aromatic nitrogens is 3. The molecule has 7 heteroatoms. The Kier molecular flexibility index (Phi) is 5.56. The van der Waals surface area contributed by atoms with Gasteiger partial charge >= 0.3 is 0 Å². The number of hydrogen-bond acceptors (Lipinski definition) is 3. The van der Waals surface area contributed by atoms with Crippen LogP contribution in [0.15, 0.2) is 42.9 Å². The van der Waals surface area contributed by atoms with Gasteiger partial charge in [0.2, 0.25) is 0 Å². The molecule has 140 valence electrons. The summed E-state index contributed by atoms with van der Waals surface area (Å²) in [6.45, 7) is 5.72. The maximum Gasteiger partial charge on any atom is 0.253 e.